The van der Waals surface area contributed by atoms with E-state index in [1.165, 1.54) is 7.11 Å². The molecule has 0 aliphatic heterocycles. The maximum atomic E-state index is 12.5. The van der Waals surface area contributed by atoms with Gasteiger partial charge in [0.15, 0.2) is 0 Å². The Morgan fingerprint density at radius 2 is 1.37 bits per heavy atom. The van der Waals surface area contributed by atoms with Crippen LogP contribution < -0.4 is 4.72 Å². The molecule has 0 heterocycles. The van der Waals surface area contributed by atoms with E-state index in [1.54, 1.807) is 72.8 Å². The summed E-state index contributed by atoms with van der Waals surface area (Å²) < 4.78 is 33.1. The molecule has 138 valence electrons. The molecule has 3 aromatic carbocycles. The molecule has 0 aliphatic rings. The molecule has 0 aromatic heterocycles. The van der Waals surface area contributed by atoms with E-state index >= 15 is 0 Å². The van der Waals surface area contributed by atoms with E-state index in [1.807, 2.05) is 0 Å². The number of hydrogen-bond donors (Lipinski definition) is 1. The molecule has 3 rings (SSSR count). The first-order valence-electron chi connectivity index (χ1n) is 7.96. The molecule has 0 fully saturated rings. The molecule has 1 N–H and O–H groups in total. The highest BCUT2D eigenvalue weighted by Crippen LogP contribution is 2.24. The van der Waals surface area contributed by atoms with Crippen LogP contribution in [-0.4, -0.2) is 21.5 Å². The Labute approximate surface area is 166 Å². The molecule has 5 nitrogen and oxygen atoms in total. The maximum absolute atomic E-state index is 12.5. The van der Waals surface area contributed by atoms with Gasteiger partial charge in [-0.05, 0) is 59.7 Å². The summed E-state index contributed by atoms with van der Waals surface area (Å²) in [7, 11) is -2.34. The van der Waals surface area contributed by atoms with E-state index in [4.69, 9.17) is 0 Å². The molecule has 0 spiro atoms. The van der Waals surface area contributed by atoms with Gasteiger partial charge in [-0.25, -0.2) is 13.2 Å². The molecule has 27 heavy (non-hydrogen) atoms. The third kappa shape index (κ3) is 4.56. The number of nitrogens with one attached hydrogen (secondary N) is 1. The summed E-state index contributed by atoms with van der Waals surface area (Å²) >= 11 is 3.31. The van der Waals surface area contributed by atoms with Gasteiger partial charge in [0.2, 0.25) is 0 Å². The van der Waals surface area contributed by atoms with Crippen molar-refractivity contribution in [2.24, 2.45) is 0 Å². The van der Waals surface area contributed by atoms with Crippen molar-refractivity contribution >= 4 is 37.6 Å². The summed E-state index contributed by atoms with van der Waals surface area (Å²) in [5, 5.41) is 0. The lowest BCUT2D eigenvalue weighted by molar-refractivity contribution is 0.0600. The van der Waals surface area contributed by atoms with E-state index in [-0.39, 0.29) is 4.90 Å². The van der Waals surface area contributed by atoms with Gasteiger partial charge in [0.1, 0.15) is 0 Å². The van der Waals surface area contributed by atoms with Crippen LogP contribution in [0.25, 0.3) is 11.1 Å². The fourth-order valence-electron chi connectivity index (χ4n) is 2.48. The standard InChI is InChI=1S/C20H16BrNO4S/c1-26-20(23)16-4-2-14(3-5-16)15-6-12-19(13-7-15)27(24,25)22-18-10-8-17(21)9-11-18/h2-13,22H,1H3. The molecule has 0 atom stereocenters. The average Bonchev–Trinajstić information content (AvgIpc) is 2.69. The number of rotatable bonds is 5. The minimum atomic E-state index is -3.67. The van der Waals surface area contributed by atoms with Crippen LogP contribution in [0.5, 0.6) is 0 Å². The number of sulfonamides is 1. The number of carbonyl (C=O) groups is 1. The maximum Gasteiger partial charge on any atom is 0.337 e. The molecule has 0 amide bonds. The van der Waals surface area contributed by atoms with Gasteiger partial charge in [0, 0.05) is 10.2 Å². The van der Waals surface area contributed by atoms with Crippen molar-refractivity contribution in [3.8, 4) is 11.1 Å². The van der Waals surface area contributed by atoms with E-state index < -0.39 is 16.0 Å². The number of ether oxygens (including phenoxy) is 1. The van der Waals surface area contributed by atoms with Crippen molar-refractivity contribution in [1.29, 1.82) is 0 Å². The summed E-state index contributed by atoms with van der Waals surface area (Å²) in [6.45, 7) is 0. The van der Waals surface area contributed by atoms with Crippen molar-refractivity contribution in [2.45, 2.75) is 4.90 Å². The van der Waals surface area contributed by atoms with Crippen LogP contribution >= 0.6 is 15.9 Å². The van der Waals surface area contributed by atoms with Crippen molar-refractivity contribution in [3.63, 3.8) is 0 Å². The Bertz CT molecular complexity index is 1040. The second-order valence-corrected chi connectivity index (χ2v) is 8.30. The molecule has 0 saturated heterocycles. The molecular weight excluding hydrogens is 430 g/mol. The fourth-order valence-corrected chi connectivity index (χ4v) is 3.80. The summed E-state index contributed by atoms with van der Waals surface area (Å²) in [5.41, 5.74) is 2.65. The van der Waals surface area contributed by atoms with Crippen LogP contribution in [0.1, 0.15) is 10.4 Å². The molecule has 0 saturated carbocycles. The smallest absolute Gasteiger partial charge is 0.337 e. The predicted octanol–water partition coefficient (Wildman–Crippen LogP) is 4.70. The number of methoxy groups -OCH3 is 1. The molecule has 0 bridgehead atoms. The van der Waals surface area contributed by atoms with Gasteiger partial charge in [0.05, 0.1) is 17.6 Å². The first kappa shape index (κ1) is 19.1. The molecule has 0 aliphatic carbocycles. The first-order valence-corrected chi connectivity index (χ1v) is 10.2. The van der Waals surface area contributed by atoms with Gasteiger partial charge in [0.25, 0.3) is 10.0 Å². The highest BCUT2D eigenvalue weighted by atomic mass is 79.9. The summed E-state index contributed by atoms with van der Waals surface area (Å²) in [6, 6.07) is 20.3. The van der Waals surface area contributed by atoms with Crippen LogP contribution in [0.4, 0.5) is 5.69 Å². The second-order valence-electron chi connectivity index (χ2n) is 5.71. The summed E-state index contributed by atoms with van der Waals surface area (Å²) in [4.78, 5) is 11.7. The number of anilines is 1. The van der Waals surface area contributed by atoms with Crippen LogP contribution in [0, 0.1) is 0 Å². The molecule has 0 radical (unpaired) electrons. The Hall–Kier alpha value is -2.64. The third-order valence-corrected chi connectivity index (χ3v) is 5.83. The van der Waals surface area contributed by atoms with Gasteiger partial charge >= 0.3 is 5.97 Å². The number of hydrogen-bond acceptors (Lipinski definition) is 4. The van der Waals surface area contributed by atoms with Gasteiger partial charge in [-0.15, -0.1) is 0 Å². The quantitative estimate of drug-likeness (QED) is 0.577. The van der Waals surface area contributed by atoms with Gasteiger partial charge in [-0.1, -0.05) is 40.2 Å². The van der Waals surface area contributed by atoms with Crippen LogP contribution in [-0.2, 0) is 14.8 Å². The molecule has 7 heteroatoms. The summed E-state index contributed by atoms with van der Waals surface area (Å²) in [5.74, 6) is -0.401. The monoisotopic (exact) mass is 445 g/mol. The predicted molar refractivity (Wildman–Crippen MR) is 108 cm³/mol. The van der Waals surface area contributed by atoms with Crippen LogP contribution in [0.3, 0.4) is 0 Å². The van der Waals surface area contributed by atoms with E-state index in [2.05, 4.69) is 25.4 Å². The highest BCUT2D eigenvalue weighted by Gasteiger charge is 2.14. The first-order chi connectivity index (χ1) is 12.9. The lowest BCUT2D eigenvalue weighted by Gasteiger charge is -2.09. The van der Waals surface area contributed by atoms with E-state index in [0.717, 1.165) is 15.6 Å². The van der Waals surface area contributed by atoms with Crippen molar-refractivity contribution in [2.75, 3.05) is 11.8 Å². The highest BCUT2D eigenvalue weighted by molar-refractivity contribution is 9.10. The van der Waals surface area contributed by atoms with Gasteiger partial charge in [-0.2, -0.15) is 0 Å². The molecular formula is C20H16BrNO4S. The van der Waals surface area contributed by atoms with Crippen molar-refractivity contribution in [1.82, 2.24) is 0 Å². The summed E-state index contributed by atoms with van der Waals surface area (Å²) in [6.07, 6.45) is 0. The molecule has 3 aromatic rings. The third-order valence-electron chi connectivity index (χ3n) is 3.90. The number of carbonyl (C=O) groups excluding carboxylic acids is 1. The number of benzene rings is 3. The second kappa shape index (κ2) is 7.94. The van der Waals surface area contributed by atoms with Crippen molar-refractivity contribution in [3.05, 3.63) is 82.8 Å². The number of esters is 1. The Kier molecular flexibility index (Phi) is 5.62. The number of halogens is 1. The van der Waals surface area contributed by atoms with Crippen LogP contribution in [0.15, 0.2) is 82.2 Å². The van der Waals surface area contributed by atoms with Crippen LogP contribution in [0.2, 0.25) is 0 Å². The van der Waals surface area contributed by atoms with E-state index in [0.29, 0.717) is 11.3 Å². The lowest BCUT2D eigenvalue weighted by atomic mass is 10.0. The Balaban J connectivity index is 1.80. The molecule has 0 unspecified atom stereocenters. The normalized spacial score (nSPS) is 11.0. The minimum Gasteiger partial charge on any atom is -0.465 e. The SMILES string of the molecule is COC(=O)c1ccc(-c2ccc(S(=O)(=O)Nc3ccc(Br)cc3)cc2)cc1. The average molecular weight is 446 g/mol. The zero-order valence-electron chi connectivity index (χ0n) is 14.3. The van der Waals surface area contributed by atoms with Crippen molar-refractivity contribution < 1.29 is 17.9 Å². The van der Waals surface area contributed by atoms with E-state index in [9.17, 15) is 13.2 Å². The van der Waals surface area contributed by atoms with Gasteiger partial charge in [-0.3, -0.25) is 4.72 Å². The zero-order valence-corrected chi connectivity index (χ0v) is 16.7. The zero-order chi connectivity index (χ0) is 19.4. The Morgan fingerprint density at radius 1 is 0.852 bits per heavy atom. The van der Waals surface area contributed by atoms with Gasteiger partial charge < -0.3 is 4.74 Å². The minimum absolute atomic E-state index is 0.167. The fraction of sp³-hybridized carbons (Fsp3) is 0.0500. The Morgan fingerprint density at radius 3 is 1.89 bits per heavy atom. The lowest BCUT2D eigenvalue weighted by Crippen LogP contribution is -2.12. The largest absolute Gasteiger partial charge is 0.465 e. The topological polar surface area (TPSA) is 72.5 Å².